The van der Waals surface area contributed by atoms with Crippen LogP contribution in [0.5, 0.6) is 0 Å². The summed E-state index contributed by atoms with van der Waals surface area (Å²) >= 11 is 0. The van der Waals surface area contributed by atoms with Gasteiger partial charge in [-0.1, -0.05) is 86.0 Å². The van der Waals surface area contributed by atoms with Crippen molar-refractivity contribution < 1.29 is 0 Å². The Kier molecular flexibility index (Phi) is 5.38. The van der Waals surface area contributed by atoms with Gasteiger partial charge in [-0.3, -0.25) is 0 Å². The first-order valence-electron chi connectivity index (χ1n) is 14.9. The summed E-state index contributed by atoms with van der Waals surface area (Å²) in [6.07, 6.45) is 6.29. The monoisotopic (exact) mass is 518 g/mol. The molecular formula is C38H34N2. The van der Waals surface area contributed by atoms with Crippen molar-refractivity contribution in [2.24, 2.45) is 0 Å². The number of benzene rings is 5. The molecule has 7 aromatic rings. The first kappa shape index (κ1) is 23.6. The highest BCUT2D eigenvalue weighted by molar-refractivity contribution is 6.10. The van der Waals surface area contributed by atoms with Crippen molar-refractivity contribution in [3.05, 3.63) is 126 Å². The molecule has 40 heavy (non-hydrogen) atoms. The number of fused-ring (bicyclic) bond motifs is 6. The van der Waals surface area contributed by atoms with Crippen LogP contribution in [0.1, 0.15) is 50.2 Å². The van der Waals surface area contributed by atoms with E-state index in [4.69, 9.17) is 0 Å². The van der Waals surface area contributed by atoms with E-state index in [1.807, 2.05) is 0 Å². The molecule has 0 aliphatic heterocycles. The molecule has 0 unspecified atom stereocenters. The minimum Gasteiger partial charge on any atom is -0.341 e. The van der Waals surface area contributed by atoms with Gasteiger partial charge in [0.25, 0.3) is 0 Å². The summed E-state index contributed by atoms with van der Waals surface area (Å²) in [6, 6.07) is 43.3. The SMILES string of the molecule is CCn1c2ccccc2c2cc(C3(c4ccc5c(c4)c4ccccc4n5-c4ccccc4)CCCCC3)ccc21. The number of hydrogen-bond acceptors (Lipinski definition) is 0. The Morgan fingerprint density at radius 3 is 1.75 bits per heavy atom. The normalized spacial score (nSPS) is 15.4. The van der Waals surface area contributed by atoms with Gasteiger partial charge in [0.05, 0.1) is 11.0 Å². The van der Waals surface area contributed by atoms with Crippen molar-refractivity contribution in [2.75, 3.05) is 0 Å². The van der Waals surface area contributed by atoms with Gasteiger partial charge in [0.2, 0.25) is 0 Å². The van der Waals surface area contributed by atoms with Crippen LogP contribution in [-0.2, 0) is 12.0 Å². The number of rotatable bonds is 4. The van der Waals surface area contributed by atoms with Gasteiger partial charge in [-0.15, -0.1) is 0 Å². The molecule has 8 rings (SSSR count). The van der Waals surface area contributed by atoms with E-state index in [0.29, 0.717) is 0 Å². The molecule has 1 aliphatic carbocycles. The lowest BCUT2D eigenvalue weighted by Crippen LogP contribution is -2.30. The summed E-state index contributed by atoms with van der Waals surface area (Å²) < 4.78 is 4.89. The Bertz CT molecular complexity index is 2020. The van der Waals surface area contributed by atoms with Gasteiger partial charge in [-0.2, -0.15) is 0 Å². The van der Waals surface area contributed by atoms with Crippen molar-refractivity contribution in [3.8, 4) is 5.69 Å². The largest absolute Gasteiger partial charge is 0.341 e. The third kappa shape index (κ3) is 3.35. The molecule has 0 saturated heterocycles. The molecule has 0 bridgehead atoms. The smallest absolute Gasteiger partial charge is 0.0541 e. The van der Waals surface area contributed by atoms with Crippen molar-refractivity contribution in [2.45, 2.75) is 51.0 Å². The second-order valence-corrected chi connectivity index (χ2v) is 11.6. The van der Waals surface area contributed by atoms with Gasteiger partial charge in [0, 0.05) is 50.2 Å². The van der Waals surface area contributed by atoms with Crippen LogP contribution in [0, 0.1) is 0 Å². The Morgan fingerprint density at radius 2 is 1.05 bits per heavy atom. The third-order valence-electron chi connectivity index (χ3n) is 9.59. The maximum Gasteiger partial charge on any atom is 0.0541 e. The molecular weight excluding hydrogens is 484 g/mol. The van der Waals surface area contributed by atoms with E-state index in [1.54, 1.807) is 0 Å². The Hall–Kier alpha value is -4.30. The number of aromatic nitrogens is 2. The van der Waals surface area contributed by atoms with Gasteiger partial charge in [0.15, 0.2) is 0 Å². The van der Waals surface area contributed by atoms with Gasteiger partial charge in [0.1, 0.15) is 0 Å². The third-order valence-corrected chi connectivity index (χ3v) is 9.59. The molecule has 0 N–H and O–H groups in total. The summed E-state index contributed by atoms with van der Waals surface area (Å²) in [5, 5.41) is 5.44. The summed E-state index contributed by atoms with van der Waals surface area (Å²) in [4.78, 5) is 0. The van der Waals surface area contributed by atoms with Gasteiger partial charge >= 0.3 is 0 Å². The second-order valence-electron chi connectivity index (χ2n) is 11.6. The van der Waals surface area contributed by atoms with E-state index in [2.05, 4.69) is 131 Å². The minimum atomic E-state index is 0.0337. The van der Waals surface area contributed by atoms with Gasteiger partial charge in [-0.25, -0.2) is 0 Å². The lowest BCUT2D eigenvalue weighted by Gasteiger charge is -2.39. The van der Waals surface area contributed by atoms with E-state index in [1.165, 1.54) is 92.5 Å². The van der Waals surface area contributed by atoms with Crippen LogP contribution >= 0.6 is 0 Å². The molecule has 0 spiro atoms. The van der Waals surface area contributed by atoms with Gasteiger partial charge in [-0.05, 0) is 79.4 Å². The van der Waals surface area contributed by atoms with Crippen LogP contribution in [0.2, 0.25) is 0 Å². The van der Waals surface area contributed by atoms with Crippen LogP contribution in [0.3, 0.4) is 0 Å². The van der Waals surface area contributed by atoms with E-state index in [-0.39, 0.29) is 5.41 Å². The van der Waals surface area contributed by atoms with E-state index >= 15 is 0 Å². The van der Waals surface area contributed by atoms with Crippen LogP contribution in [0.25, 0.3) is 49.3 Å². The van der Waals surface area contributed by atoms with Crippen molar-refractivity contribution >= 4 is 43.6 Å². The molecule has 1 fully saturated rings. The quantitative estimate of drug-likeness (QED) is 0.219. The number of para-hydroxylation sites is 3. The highest BCUT2D eigenvalue weighted by Crippen LogP contribution is 2.47. The lowest BCUT2D eigenvalue weighted by atomic mass is 9.65. The number of hydrogen-bond donors (Lipinski definition) is 0. The van der Waals surface area contributed by atoms with Crippen molar-refractivity contribution in [3.63, 3.8) is 0 Å². The van der Waals surface area contributed by atoms with Crippen molar-refractivity contribution in [1.29, 1.82) is 0 Å². The fourth-order valence-electron chi connectivity index (χ4n) is 7.72. The summed E-state index contributed by atoms with van der Waals surface area (Å²) in [5.41, 5.74) is 9.43. The first-order valence-corrected chi connectivity index (χ1v) is 14.9. The topological polar surface area (TPSA) is 9.86 Å². The fourth-order valence-corrected chi connectivity index (χ4v) is 7.72. The second kappa shape index (κ2) is 9.13. The molecule has 5 aromatic carbocycles. The zero-order chi connectivity index (χ0) is 26.7. The van der Waals surface area contributed by atoms with E-state index < -0.39 is 0 Å². The van der Waals surface area contributed by atoms with Crippen LogP contribution in [0.15, 0.2) is 115 Å². The zero-order valence-corrected chi connectivity index (χ0v) is 23.1. The molecule has 0 amide bonds. The maximum atomic E-state index is 2.53. The first-order chi connectivity index (χ1) is 19.8. The molecule has 2 heteroatoms. The van der Waals surface area contributed by atoms with Crippen LogP contribution in [0.4, 0.5) is 0 Å². The predicted molar refractivity (Wildman–Crippen MR) is 170 cm³/mol. The molecule has 1 saturated carbocycles. The number of nitrogens with zero attached hydrogens (tertiary/aromatic N) is 2. The molecule has 2 aromatic heterocycles. The molecule has 0 radical (unpaired) electrons. The van der Waals surface area contributed by atoms with Crippen molar-refractivity contribution in [1.82, 2.24) is 9.13 Å². The average molecular weight is 519 g/mol. The summed E-state index contributed by atoms with van der Waals surface area (Å²) in [5.74, 6) is 0. The van der Waals surface area contributed by atoms with E-state index in [9.17, 15) is 0 Å². The Morgan fingerprint density at radius 1 is 0.525 bits per heavy atom. The highest BCUT2D eigenvalue weighted by Gasteiger charge is 2.36. The van der Waals surface area contributed by atoms with Crippen LogP contribution in [-0.4, -0.2) is 9.13 Å². The Balaban J connectivity index is 1.37. The summed E-state index contributed by atoms with van der Waals surface area (Å²) in [7, 11) is 0. The lowest BCUT2D eigenvalue weighted by molar-refractivity contribution is 0.346. The molecule has 2 heterocycles. The summed E-state index contributed by atoms with van der Waals surface area (Å²) in [6.45, 7) is 3.24. The minimum absolute atomic E-state index is 0.0337. The highest BCUT2D eigenvalue weighted by atomic mass is 15.0. The molecule has 0 atom stereocenters. The molecule has 2 nitrogen and oxygen atoms in total. The maximum absolute atomic E-state index is 2.53. The van der Waals surface area contributed by atoms with Gasteiger partial charge < -0.3 is 9.13 Å². The zero-order valence-electron chi connectivity index (χ0n) is 23.1. The standard InChI is InChI=1S/C38H34N2/c1-2-39-34-17-9-7-15-30(34)32-25-27(19-21-35(32)39)38(23-11-4-12-24-38)28-20-22-37-33(26-28)31-16-8-10-18-36(31)40(37)29-13-5-3-6-14-29/h3,5-10,13-22,25-26H,2,4,11-12,23-24H2,1H3. The molecule has 196 valence electrons. The molecule has 1 aliphatic rings. The predicted octanol–water partition coefficient (Wildman–Crippen LogP) is 10.2. The fraction of sp³-hybridized carbons (Fsp3) is 0.211. The Labute approximate surface area is 235 Å². The van der Waals surface area contributed by atoms with E-state index in [0.717, 1.165) is 6.54 Å². The average Bonchev–Trinajstić information content (AvgIpc) is 3.53. The number of aryl methyl sites for hydroxylation is 1. The van der Waals surface area contributed by atoms with Crippen LogP contribution < -0.4 is 0 Å².